The van der Waals surface area contributed by atoms with E-state index < -0.39 is 0 Å². The van der Waals surface area contributed by atoms with Gasteiger partial charge in [0.2, 0.25) is 5.95 Å². The number of rotatable bonds is 7. The number of aromatic nitrogens is 2. The Morgan fingerprint density at radius 2 is 2.04 bits per heavy atom. The summed E-state index contributed by atoms with van der Waals surface area (Å²) in [5.74, 6) is 2.65. The molecule has 0 spiro atoms. The summed E-state index contributed by atoms with van der Waals surface area (Å²) in [6.45, 7) is 5.34. The molecule has 1 saturated heterocycles. The summed E-state index contributed by atoms with van der Waals surface area (Å²) in [5.41, 5.74) is 0. The zero-order valence-corrected chi connectivity index (χ0v) is 15.7. The topological polar surface area (TPSA) is 44.3 Å². The number of anilines is 2. The van der Waals surface area contributed by atoms with E-state index in [2.05, 4.69) is 39.3 Å². The smallest absolute Gasteiger partial charge is 0.224 e. The van der Waals surface area contributed by atoms with Crippen LogP contribution in [0.3, 0.4) is 0 Å². The maximum Gasteiger partial charge on any atom is 0.224 e. The van der Waals surface area contributed by atoms with Crippen molar-refractivity contribution in [3.8, 4) is 0 Å². The van der Waals surface area contributed by atoms with Gasteiger partial charge < -0.3 is 15.1 Å². The second-order valence-electron chi connectivity index (χ2n) is 7.48. The number of hydrogen-bond donors (Lipinski definition) is 1. The first-order chi connectivity index (χ1) is 12.3. The monoisotopic (exact) mass is 343 g/mol. The van der Waals surface area contributed by atoms with Crippen molar-refractivity contribution in [2.75, 3.05) is 50.0 Å². The van der Waals surface area contributed by atoms with E-state index in [-0.39, 0.29) is 0 Å². The molecule has 0 amide bonds. The zero-order chi connectivity index (χ0) is 17.3. The van der Waals surface area contributed by atoms with E-state index in [9.17, 15) is 0 Å². The van der Waals surface area contributed by atoms with E-state index >= 15 is 0 Å². The van der Waals surface area contributed by atoms with Crippen LogP contribution in [-0.2, 0) is 0 Å². The number of allylic oxidation sites excluding steroid dienone is 2. The van der Waals surface area contributed by atoms with Crippen LogP contribution < -0.4 is 10.2 Å². The predicted molar refractivity (Wildman–Crippen MR) is 105 cm³/mol. The van der Waals surface area contributed by atoms with Gasteiger partial charge in [-0.25, -0.2) is 4.98 Å². The lowest BCUT2D eigenvalue weighted by atomic mass is 9.94. The summed E-state index contributed by atoms with van der Waals surface area (Å²) in [6, 6.07) is 2.04. The van der Waals surface area contributed by atoms with Gasteiger partial charge in [-0.1, -0.05) is 25.0 Å². The van der Waals surface area contributed by atoms with Gasteiger partial charge >= 0.3 is 0 Å². The van der Waals surface area contributed by atoms with E-state index in [0.29, 0.717) is 0 Å². The number of nitrogens with one attached hydrogen (secondary N) is 1. The molecule has 1 fully saturated rings. The summed E-state index contributed by atoms with van der Waals surface area (Å²) in [6.07, 6.45) is 15.6. The molecule has 5 nitrogen and oxygen atoms in total. The third-order valence-electron chi connectivity index (χ3n) is 5.30. The minimum absolute atomic E-state index is 0.760. The molecule has 1 unspecified atom stereocenters. The summed E-state index contributed by atoms with van der Waals surface area (Å²) < 4.78 is 0. The van der Waals surface area contributed by atoms with Crippen molar-refractivity contribution in [1.82, 2.24) is 14.9 Å². The van der Waals surface area contributed by atoms with Crippen LogP contribution in [0.25, 0.3) is 0 Å². The fourth-order valence-corrected chi connectivity index (χ4v) is 3.82. The lowest BCUT2D eigenvalue weighted by molar-refractivity contribution is 0.273. The molecule has 138 valence electrons. The minimum atomic E-state index is 0.760. The Balaban J connectivity index is 1.43. The van der Waals surface area contributed by atoms with Crippen LogP contribution in [0, 0.1) is 5.92 Å². The van der Waals surface area contributed by atoms with Gasteiger partial charge in [-0.05, 0) is 51.1 Å². The molecule has 3 rings (SSSR count). The number of likely N-dealkylation sites (N-methyl/N-ethyl adjacent to an activating group) is 1. The normalized spacial score (nSPS) is 21.4. The van der Waals surface area contributed by atoms with Gasteiger partial charge in [0.05, 0.1) is 0 Å². The first-order valence-corrected chi connectivity index (χ1v) is 9.96. The van der Waals surface area contributed by atoms with Crippen molar-refractivity contribution in [3.05, 3.63) is 24.4 Å². The van der Waals surface area contributed by atoms with Crippen LogP contribution >= 0.6 is 0 Å². The Hall–Kier alpha value is -1.62. The van der Waals surface area contributed by atoms with E-state index in [1.54, 1.807) is 0 Å². The molecule has 2 aliphatic rings. The third kappa shape index (κ3) is 5.99. The molecule has 1 aliphatic heterocycles. The zero-order valence-electron chi connectivity index (χ0n) is 15.7. The summed E-state index contributed by atoms with van der Waals surface area (Å²) >= 11 is 0. The van der Waals surface area contributed by atoms with Crippen LogP contribution in [0.15, 0.2) is 24.4 Å². The largest absolute Gasteiger partial charge is 0.356 e. The Labute approximate surface area is 152 Å². The first-order valence-electron chi connectivity index (χ1n) is 9.96. The SMILES string of the molecule is CN(CCNc1nccc(N2CCCCCC2)n1)CC1CC=CCC1. The number of hydrogen-bond acceptors (Lipinski definition) is 5. The lowest BCUT2D eigenvalue weighted by Gasteiger charge is -2.25. The van der Waals surface area contributed by atoms with E-state index in [1.165, 1.54) is 51.5 Å². The maximum atomic E-state index is 4.73. The Kier molecular flexibility index (Phi) is 7.10. The molecule has 0 aromatic carbocycles. The predicted octanol–water partition coefficient (Wildman–Crippen LogP) is 3.56. The maximum absolute atomic E-state index is 4.73. The Bertz CT molecular complexity index is 537. The second-order valence-corrected chi connectivity index (χ2v) is 7.48. The molecule has 1 aromatic rings. The van der Waals surface area contributed by atoms with E-state index in [1.807, 2.05) is 12.3 Å². The summed E-state index contributed by atoms with van der Waals surface area (Å²) in [7, 11) is 2.22. The molecule has 0 saturated carbocycles. The average Bonchev–Trinajstić information content (AvgIpc) is 2.92. The molecule has 2 heterocycles. The lowest BCUT2D eigenvalue weighted by Crippen LogP contribution is -2.31. The highest BCUT2D eigenvalue weighted by atomic mass is 15.2. The van der Waals surface area contributed by atoms with E-state index in [0.717, 1.165) is 43.9 Å². The van der Waals surface area contributed by atoms with Crippen molar-refractivity contribution < 1.29 is 0 Å². The van der Waals surface area contributed by atoms with Crippen LogP contribution in [-0.4, -0.2) is 54.6 Å². The van der Waals surface area contributed by atoms with Gasteiger partial charge in [0.25, 0.3) is 0 Å². The highest BCUT2D eigenvalue weighted by molar-refractivity contribution is 5.42. The van der Waals surface area contributed by atoms with E-state index in [4.69, 9.17) is 4.98 Å². The van der Waals surface area contributed by atoms with Crippen LogP contribution in [0.2, 0.25) is 0 Å². The number of nitrogens with zero attached hydrogens (tertiary/aromatic N) is 4. The van der Waals surface area contributed by atoms with Gasteiger partial charge in [-0.3, -0.25) is 0 Å². The fourth-order valence-electron chi connectivity index (χ4n) is 3.82. The Morgan fingerprint density at radius 1 is 1.20 bits per heavy atom. The molecule has 1 atom stereocenters. The van der Waals surface area contributed by atoms with Crippen LogP contribution in [0.1, 0.15) is 44.9 Å². The molecular formula is C20H33N5. The van der Waals surface area contributed by atoms with Gasteiger partial charge in [-0.15, -0.1) is 0 Å². The van der Waals surface area contributed by atoms with Gasteiger partial charge in [-0.2, -0.15) is 4.98 Å². The molecule has 1 aliphatic carbocycles. The molecule has 25 heavy (non-hydrogen) atoms. The summed E-state index contributed by atoms with van der Waals surface area (Å²) in [4.78, 5) is 14.0. The highest BCUT2D eigenvalue weighted by Gasteiger charge is 2.13. The average molecular weight is 344 g/mol. The van der Waals surface area contributed by atoms with Crippen LogP contribution in [0.4, 0.5) is 11.8 Å². The molecular weight excluding hydrogens is 310 g/mol. The quantitative estimate of drug-likeness (QED) is 0.767. The molecule has 5 heteroatoms. The highest BCUT2D eigenvalue weighted by Crippen LogP contribution is 2.19. The second kappa shape index (κ2) is 9.76. The van der Waals surface area contributed by atoms with Crippen molar-refractivity contribution in [3.63, 3.8) is 0 Å². The van der Waals surface area contributed by atoms with Gasteiger partial charge in [0, 0.05) is 38.9 Å². The fraction of sp³-hybridized carbons (Fsp3) is 0.700. The van der Waals surface area contributed by atoms with Crippen LogP contribution in [0.5, 0.6) is 0 Å². The third-order valence-corrected chi connectivity index (χ3v) is 5.30. The van der Waals surface area contributed by atoms with Crippen molar-refractivity contribution >= 4 is 11.8 Å². The standard InChI is InChI=1S/C20H33N5/c1-24(17-18-9-5-4-6-10-18)16-13-22-20-21-12-11-19(23-20)25-14-7-2-3-8-15-25/h4-5,11-12,18H,2-3,6-10,13-17H2,1H3,(H,21,22,23). The van der Waals surface area contributed by atoms with Crippen molar-refractivity contribution in [1.29, 1.82) is 0 Å². The molecule has 1 aromatic heterocycles. The molecule has 0 bridgehead atoms. The Morgan fingerprint density at radius 3 is 2.80 bits per heavy atom. The summed E-state index contributed by atoms with van der Waals surface area (Å²) in [5, 5.41) is 3.40. The molecule has 1 N–H and O–H groups in total. The van der Waals surface area contributed by atoms with Crippen molar-refractivity contribution in [2.24, 2.45) is 5.92 Å². The van der Waals surface area contributed by atoms with Crippen molar-refractivity contribution in [2.45, 2.75) is 44.9 Å². The minimum Gasteiger partial charge on any atom is -0.356 e. The first kappa shape index (κ1) is 18.2. The van der Waals surface area contributed by atoms with Gasteiger partial charge in [0.15, 0.2) is 0 Å². The molecule has 0 radical (unpaired) electrons. The van der Waals surface area contributed by atoms with Gasteiger partial charge in [0.1, 0.15) is 5.82 Å².